The van der Waals surface area contributed by atoms with Crippen LogP contribution in [0.15, 0.2) is 48.8 Å². The molecule has 0 saturated carbocycles. The zero-order valence-corrected chi connectivity index (χ0v) is 14.0. The Labute approximate surface area is 144 Å². The molecule has 0 saturated heterocycles. The number of H-pyrrole nitrogens is 2. The molecule has 0 spiro atoms. The van der Waals surface area contributed by atoms with Gasteiger partial charge in [0.2, 0.25) is 5.95 Å². The number of anilines is 3. The van der Waals surface area contributed by atoms with Gasteiger partial charge >= 0.3 is 0 Å². The van der Waals surface area contributed by atoms with E-state index in [0.717, 1.165) is 17.0 Å². The second-order valence-corrected chi connectivity index (χ2v) is 6.02. The summed E-state index contributed by atoms with van der Waals surface area (Å²) in [5.74, 6) is 1.99. The molecule has 0 aliphatic heterocycles. The fourth-order valence-electron chi connectivity index (χ4n) is 2.73. The van der Waals surface area contributed by atoms with Crippen molar-refractivity contribution in [1.29, 1.82) is 0 Å². The van der Waals surface area contributed by atoms with Gasteiger partial charge in [0.1, 0.15) is 5.82 Å². The predicted molar refractivity (Wildman–Crippen MR) is 99.0 cm³/mol. The van der Waals surface area contributed by atoms with Crippen LogP contribution in [0.2, 0.25) is 0 Å². The summed E-state index contributed by atoms with van der Waals surface area (Å²) in [7, 11) is 0. The predicted octanol–water partition coefficient (Wildman–Crippen LogP) is 3.91. The van der Waals surface area contributed by atoms with Crippen LogP contribution in [-0.4, -0.2) is 25.1 Å². The monoisotopic (exact) mass is 333 g/mol. The molecule has 0 aliphatic carbocycles. The number of benzene rings is 1. The van der Waals surface area contributed by atoms with E-state index < -0.39 is 0 Å². The highest BCUT2D eigenvalue weighted by Gasteiger charge is 2.09. The van der Waals surface area contributed by atoms with Crippen molar-refractivity contribution in [3.8, 4) is 0 Å². The molecule has 4 rings (SSSR count). The van der Waals surface area contributed by atoms with Crippen molar-refractivity contribution in [3.05, 3.63) is 60.0 Å². The minimum absolute atomic E-state index is 0.0854. The first-order valence-corrected chi connectivity index (χ1v) is 8.13. The lowest BCUT2D eigenvalue weighted by atomic mass is 10.1. The van der Waals surface area contributed by atoms with Crippen molar-refractivity contribution in [2.75, 3.05) is 10.6 Å². The van der Waals surface area contributed by atoms with Crippen LogP contribution in [-0.2, 0) is 0 Å². The quantitative estimate of drug-likeness (QED) is 0.444. The Morgan fingerprint density at radius 2 is 2.00 bits per heavy atom. The number of fused-ring (bicyclic) bond motifs is 1. The Bertz CT molecular complexity index is 1000. The van der Waals surface area contributed by atoms with Crippen LogP contribution >= 0.6 is 0 Å². The third kappa shape index (κ3) is 3.30. The second kappa shape index (κ2) is 6.27. The number of nitrogens with zero attached hydrogens (tertiary/aromatic N) is 3. The molecule has 0 aliphatic rings. The van der Waals surface area contributed by atoms with Gasteiger partial charge in [-0.2, -0.15) is 10.1 Å². The Morgan fingerprint density at radius 3 is 2.84 bits per heavy atom. The molecule has 1 unspecified atom stereocenters. The van der Waals surface area contributed by atoms with E-state index in [1.807, 2.05) is 25.3 Å². The molecule has 1 atom stereocenters. The first-order chi connectivity index (χ1) is 12.2. The summed E-state index contributed by atoms with van der Waals surface area (Å²) in [6, 6.07) is 12.2. The molecule has 0 amide bonds. The van der Waals surface area contributed by atoms with Gasteiger partial charge in [0.15, 0.2) is 5.82 Å². The number of aromatic amines is 2. The lowest BCUT2D eigenvalue weighted by Gasteiger charge is -2.15. The zero-order chi connectivity index (χ0) is 17.2. The number of nitrogens with one attached hydrogen (secondary N) is 4. The molecule has 7 heteroatoms. The van der Waals surface area contributed by atoms with Gasteiger partial charge in [-0.15, -0.1) is 0 Å². The first kappa shape index (κ1) is 15.2. The van der Waals surface area contributed by atoms with Gasteiger partial charge in [-0.25, -0.2) is 4.98 Å². The third-order valence-corrected chi connectivity index (χ3v) is 4.04. The highest BCUT2D eigenvalue weighted by Crippen LogP contribution is 2.22. The Hall–Kier alpha value is -3.35. The van der Waals surface area contributed by atoms with Gasteiger partial charge in [-0.05, 0) is 49.1 Å². The average Bonchev–Trinajstić information content (AvgIpc) is 3.23. The maximum absolute atomic E-state index is 4.50. The van der Waals surface area contributed by atoms with Crippen molar-refractivity contribution in [1.82, 2.24) is 25.1 Å². The molecule has 1 aromatic carbocycles. The average molecular weight is 333 g/mol. The molecule has 7 nitrogen and oxygen atoms in total. The van der Waals surface area contributed by atoms with Crippen molar-refractivity contribution in [2.45, 2.75) is 19.9 Å². The molecular weight excluding hydrogens is 314 g/mol. The molecule has 3 aromatic heterocycles. The molecule has 126 valence electrons. The second-order valence-electron chi connectivity index (χ2n) is 6.02. The SMILES string of the molecule is Cc1cc(Nc2ccnc(NC(C)c3ccc4[nH]ccc4c3)n2)n[nH]1. The van der Waals surface area contributed by atoms with Crippen LogP contribution < -0.4 is 10.6 Å². The number of rotatable bonds is 5. The third-order valence-electron chi connectivity index (χ3n) is 4.04. The van der Waals surface area contributed by atoms with Crippen LogP contribution in [0.4, 0.5) is 17.6 Å². The molecule has 0 fully saturated rings. The van der Waals surface area contributed by atoms with Gasteiger partial charge in [-0.3, -0.25) is 5.10 Å². The minimum atomic E-state index is 0.0854. The molecular formula is C18H19N7. The van der Waals surface area contributed by atoms with E-state index in [4.69, 9.17) is 0 Å². The zero-order valence-electron chi connectivity index (χ0n) is 14.0. The van der Waals surface area contributed by atoms with E-state index in [-0.39, 0.29) is 6.04 Å². The highest BCUT2D eigenvalue weighted by molar-refractivity contribution is 5.80. The van der Waals surface area contributed by atoms with E-state index >= 15 is 0 Å². The van der Waals surface area contributed by atoms with Crippen LogP contribution in [0.5, 0.6) is 0 Å². The van der Waals surface area contributed by atoms with Gasteiger partial charge < -0.3 is 15.6 Å². The van der Waals surface area contributed by atoms with Gasteiger partial charge in [0.05, 0.1) is 6.04 Å². The summed E-state index contributed by atoms with van der Waals surface area (Å²) in [6.07, 6.45) is 3.67. The Morgan fingerprint density at radius 1 is 1.08 bits per heavy atom. The molecule has 4 N–H and O–H groups in total. The van der Waals surface area contributed by atoms with Crippen molar-refractivity contribution >= 4 is 28.5 Å². The Balaban J connectivity index is 1.50. The van der Waals surface area contributed by atoms with Crippen molar-refractivity contribution in [2.24, 2.45) is 0 Å². The minimum Gasteiger partial charge on any atom is -0.361 e. The smallest absolute Gasteiger partial charge is 0.225 e. The summed E-state index contributed by atoms with van der Waals surface area (Å²) >= 11 is 0. The van der Waals surface area contributed by atoms with E-state index in [1.54, 1.807) is 6.20 Å². The number of hydrogen-bond acceptors (Lipinski definition) is 5. The molecule has 0 bridgehead atoms. The lowest BCUT2D eigenvalue weighted by Crippen LogP contribution is -2.10. The largest absolute Gasteiger partial charge is 0.361 e. The fraction of sp³-hybridized carbons (Fsp3) is 0.167. The Kier molecular flexibility index (Phi) is 3.81. The maximum Gasteiger partial charge on any atom is 0.225 e. The maximum atomic E-state index is 4.50. The number of aromatic nitrogens is 5. The normalized spacial score (nSPS) is 12.2. The van der Waals surface area contributed by atoms with Gasteiger partial charge in [0.25, 0.3) is 0 Å². The molecule has 4 aromatic rings. The highest BCUT2D eigenvalue weighted by atomic mass is 15.2. The number of hydrogen-bond donors (Lipinski definition) is 4. The van der Waals surface area contributed by atoms with Crippen LogP contribution in [0.3, 0.4) is 0 Å². The van der Waals surface area contributed by atoms with E-state index in [0.29, 0.717) is 11.8 Å². The fourth-order valence-corrected chi connectivity index (χ4v) is 2.73. The lowest BCUT2D eigenvalue weighted by molar-refractivity contribution is 0.863. The van der Waals surface area contributed by atoms with Crippen molar-refractivity contribution in [3.63, 3.8) is 0 Å². The summed E-state index contributed by atoms with van der Waals surface area (Å²) < 4.78 is 0. The van der Waals surface area contributed by atoms with Crippen LogP contribution in [0.1, 0.15) is 24.2 Å². The summed E-state index contributed by atoms with van der Waals surface area (Å²) in [5.41, 5.74) is 3.30. The van der Waals surface area contributed by atoms with E-state index in [9.17, 15) is 0 Å². The standard InChI is InChI=1S/C18H19N7/c1-11-9-17(25-24-11)22-16-6-8-20-18(23-16)21-12(2)13-3-4-15-14(10-13)5-7-19-15/h3-10,12,19H,1-2H3,(H3,20,21,22,23,24,25). The van der Waals surface area contributed by atoms with E-state index in [1.165, 1.54) is 10.9 Å². The molecule has 25 heavy (non-hydrogen) atoms. The first-order valence-electron chi connectivity index (χ1n) is 8.13. The van der Waals surface area contributed by atoms with Crippen LogP contribution in [0, 0.1) is 6.92 Å². The summed E-state index contributed by atoms with van der Waals surface area (Å²) in [4.78, 5) is 12.0. The van der Waals surface area contributed by atoms with Crippen LogP contribution in [0.25, 0.3) is 10.9 Å². The molecule has 3 heterocycles. The van der Waals surface area contributed by atoms with Gasteiger partial charge in [0, 0.05) is 29.7 Å². The molecule has 0 radical (unpaired) electrons. The van der Waals surface area contributed by atoms with Gasteiger partial charge in [-0.1, -0.05) is 6.07 Å². The number of aryl methyl sites for hydroxylation is 1. The van der Waals surface area contributed by atoms with E-state index in [2.05, 4.69) is 67.0 Å². The van der Waals surface area contributed by atoms with Crippen molar-refractivity contribution < 1.29 is 0 Å². The topological polar surface area (TPSA) is 94.3 Å². The summed E-state index contributed by atoms with van der Waals surface area (Å²) in [6.45, 7) is 4.04. The summed E-state index contributed by atoms with van der Waals surface area (Å²) in [5, 5.41) is 14.7.